The molecular weight excluding hydrogens is 1020 g/mol. The number of hydrogen-bond acceptors (Lipinski definition) is 23. The SMILES string of the molecule is CC(=O)OC1CC2(C)C(=CCC3C4(C)CCC(OC5OCC(OC6OC(CO)C(O)C(O)C6OC6OCC(O)C(O)C6O)C(O)C5OC5OC(CO)C(O)C(O)C5O)C(C)(C)C4CCC32C)C2CC(C)(C)CC(O)C12CO. The van der Waals surface area contributed by atoms with Crippen LogP contribution in [-0.4, -0.2) is 234 Å². The van der Waals surface area contributed by atoms with Crippen LogP contribution < -0.4 is 0 Å². The summed E-state index contributed by atoms with van der Waals surface area (Å²) in [5.41, 5.74) is -1.62. The Kier molecular flexibility index (Phi) is 17.0. The molecule has 23 nitrogen and oxygen atoms in total. The van der Waals surface area contributed by atoms with Gasteiger partial charge in [-0.2, -0.15) is 0 Å². The first-order valence-corrected chi connectivity index (χ1v) is 27.7. The highest BCUT2D eigenvalue weighted by molar-refractivity contribution is 5.66. The number of carbonyl (C=O) groups is 1. The average Bonchev–Trinajstić information content (AvgIpc) is 3.51. The van der Waals surface area contributed by atoms with Gasteiger partial charge in [0.05, 0.1) is 50.7 Å². The van der Waals surface area contributed by atoms with Crippen LogP contribution in [-0.2, 0) is 47.4 Å². The summed E-state index contributed by atoms with van der Waals surface area (Å²) < 4.78 is 54.9. The molecule has 9 rings (SSSR count). The molecule has 28 atom stereocenters. The van der Waals surface area contributed by atoms with Gasteiger partial charge in [-0.1, -0.05) is 60.1 Å². The van der Waals surface area contributed by atoms with Crippen molar-refractivity contribution in [2.24, 2.45) is 50.2 Å². The second-order valence-corrected chi connectivity index (χ2v) is 26.2. The number of ether oxygens (including phenoxy) is 9. The van der Waals surface area contributed by atoms with Crippen molar-refractivity contribution in [3.63, 3.8) is 0 Å². The van der Waals surface area contributed by atoms with Gasteiger partial charge < -0.3 is 109 Å². The highest BCUT2D eigenvalue weighted by Gasteiger charge is 2.72. The van der Waals surface area contributed by atoms with Crippen LogP contribution in [0.15, 0.2) is 11.6 Å². The van der Waals surface area contributed by atoms with E-state index < -0.39 is 178 Å². The summed E-state index contributed by atoms with van der Waals surface area (Å²) in [6.45, 7) is 14.2. The molecule has 28 unspecified atom stereocenters. The van der Waals surface area contributed by atoms with Crippen LogP contribution in [0.1, 0.15) is 107 Å². The molecule has 0 radical (unpaired) electrons. The third kappa shape index (κ3) is 9.90. The first-order valence-electron chi connectivity index (χ1n) is 27.7. The summed E-state index contributed by atoms with van der Waals surface area (Å²) in [6, 6.07) is 0. The molecule has 4 saturated carbocycles. The van der Waals surface area contributed by atoms with Gasteiger partial charge in [-0.3, -0.25) is 4.79 Å². The molecule has 442 valence electrons. The summed E-state index contributed by atoms with van der Waals surface area (Å²) in [7, 11) is 0. The zero-order valence-electron chi connectivity index (χ0n) is 45.5. The number of aliphatic hydroxyl groups excluding tert-OH is 13. The maximum absolute atomic E-state index is 12.9. The Morgan fingerprint density at radius 1 is 0.610 bits per heavy atom. The van der Waals surface area contributed by atoms with E-state index in [2.05, 4.69) is 54.5 Å². The van der Waals surface area contributed by atoms with Crippen molar-refractivity contribution in [2.45, 2.75) is 236 Å². The van der Waals surface area contributed by atoms with Crippen LogP contribution in [0.5, 0.6) is 0 Å². The maximum Gasteiger partial charge on any atom is 0.302 e. The lowest BCUT2D eigenvalue weighted by molar-refractivity contribution is -0.392. The minimum absolute atomic E-state index is 0.0669. The van der Waals surface area contributed by atoms with Crippen molar-refractivity contribution in [3.05, 3.63) is 11.6 Å². The van der Waals surface area contributed by atoms with E-state index in [0.717, 1.165) is 25.7 Å². The molecule has 13 N–H and O–H groups in total. The van der Waals surface area contributed by atoms with Crippen molar-refractivity contribution < 1.29 is 114 Å². The van der Waals surface area contributed by atoms with Crippen LogP contribution in [0.25, 0.3) is 0 Å². The number of esters is 1. The monoisotopic (exact) mass is 1100 g/mol. The Morgan fingerprint density at radius 3 is 1.87 bits per heavy atom. The van der Waals surface area contributed by atoms with E-state index >= 15 is 0 Å². The maximum atomic E-state index is 12.9. The van der Waals surface area contributed by atoms with Crippen LogP contribution in [0.3, 0.4) is 0 Å². The van der Waals surface area contributed by atoms with Gasteiger partial charge in [0.15, 0.2) is 25.2 Å². The van der Waals surface area contributed by atoms with Gasteiger partial charge in [0.1, 0.15) is 91.6 Å². The number of rotatable bonds is 12. The van der Waals surface area contributed by atoms with E-state index in [0.29, 0.717) is 25.7 Å². The molecule has 8 fully saturated rings. The van der Waals surface area contributed by atoms with Gasteiger partial charge >= 0.3 is 5.97 Å². The molecule has 0 bridgehead atoms. The lowest BCUT2D eigenvalue weighted by atomic mass is 9.33. The van der Waals surface area contributed by atoms with Crippen molar-refractivity contribution in [2.75, 3.05) is 33.0 Å². The predicted molar refractivity (Wildman–Crippen MR) is 263 cm³/mol. The summed E-state index contributed by atoms with van der Waals surface area (Å²) in [4.78, 5) is 12.9. The molecule has 0 aromatic heterocycles. The minimum atomic E-state index is -1.90. The molecule has 4 saturated heterocycles. The Morgan fingerprint density at radius 2 is 1.22 bits per heavy atom. The molecule has 0 spiro atoms. The number of carbonyl (C=O) groups excluding carboxylic acids is 1. The van der Waals surface area contributed by atoms with Crippen LogP contribution >= 0.6 is 0 Å². The molecule has 23 heteroatoms. The van der Waals surface area contributed by atoms with E-state index in [1.165, 1.54) is 12.5 Å². The Hall–Kier alpha value is -1.63. The van der Waals surface area contributed by atoms with Crippen molar-refractivity contribution in [1.29, 1.82) is 0 Å². The molecular formula is C54H88O23. The van der Waals surface area contributed by atoms with Crippen LogP contribution in [0.2, 0.25) is 0 Å². The number of fused-ring (bicyclic) bond motifs is 7. The zero-order chi connectivity index (χ0) is 56.3. The fourth-order valence-corrected chi connectivity index (χ4v) is 16.6. The normalized spacial score (nSPS) is 53.4. The molecule has 0 amide bonds. The van der Waals surface area contributed by atoms with E-state index in [-0.39, 0.29) is 40.6 Å². The Bertz CT molecular complexity index is 2110. The quantitative estimate of drug-likeness (QED) is 0.0584. The number of allylic oxidation sites excluding steroid dienone is 2. The fourth-order valence-electron chi connectivity index (χ4n) is 16.6. The van der Waals surface area contributed by atoms with Gasteiger partial charge in [0.2, 0.25) is 0 Å². The van der Waals surface area contributed by atoms with Gasteiger partial charge in [-0.05, 0) is 96.2 Å². The molecule has 9 aliphatic rings. The first-order chi connectivity index (χ1) is 36.0. The second-order valence-electron chi connectivity index (χ2n) is 26.2. The Labute approximate surface area is 449 Å². The molecule has 5 aliphatic carbocycles. The van der Waals surface area contributed by atoms with Crippen molar-refractivity contribution in [3.8, 4) is 0 Å². The van der Waals surface area contributed by atoms with E-state index in [4.69, 9.17) is 42.6 Å². The summed E-state index contributed by atoms with van der Waals surface area (Å²) >= 11 is 0. The smallest absolute Gasteiger partial charge is 0.302 e. The predicted octanol–water partition coefficient (Wildman–Crippen LogP) is -1.77. The second kappa shape index (κ2) is 21.8. The summed E-state index contributed by atoms with van der Waals surface area (Å²) in [5, 5.41) is 142. The molecule has 0 aromatic rings. The summed E-state index contributed by atoms with van der Waals surface area (Å²) in [6.07, 6.45) is -24.7. The Balaban J connectivity index is 0.984. The van der Waals surface area contributed by atoms with Gasteiger partial charge in [0.25, 0.3) is 0 Å². The first kappa shape index (κ1) is 60.0. The lowest BCUT2D eigenvalue weighted by Gasteiger charge is -2.72. The highest BCUT2D eigenvalue weighted by atomic mass is 16.8. The molecule has 0 aromatic carbocycles. The summed E-state index contributed by atoms with van der Waals surface area (Å²) in [5.74, 6) is -0.449. The molecule has 77 heavy (non-hydrogen) atoms. The van der Waals surface area contributed by atoms with E-state index in [1.807, 2.05) is 0 Å². The largest absolute Gasteiger partial charge is 0.462 e. The van der Waals surface area contributed by atoms with Gasteiger partial charge in [-0.25, -0.2) is 0 Å². The lowest BCUT2D eigenvalue weighted by Crippen LogP contribution is -2.69. The standard InChI is InChI=1S/C54H88O23/c1-23(58)71-34-17-53(8)24(25-15-49(2,3)16-32(60)54(25,34)22-57)9-10-31-51(6)13-12-33(50(4,5)30(51)11-14-52(31,53)7)75-47-43(77-46-42(68)39(65)36(62)27(18-55)72-46)38(64)29(21-70-47)74-48-44(40(66)37(63)28(19-56)73-48)76-45-41(67)35(61)26(59)20-69-45/h9,25-48,55-57,59-68H,10-22H2,1-8H3. The fraction of sp³-hybridized carbons (Fsp3) is 0.944. The topological polar surface area (TPSA) is 363 Å². The van der Waals surface area contributed by atoms with Gasteiger partial charge in [0, 0.05) is 6.92 Å². The third-order valence-corrected chi connectivity index (χ3v) is 21.1. The molecule has 4 aliphatic heterocycles. The number of aliphatic hydroxyl groups is 13. The van der Waals surface area contributed by atoms with Gasteiger partial charge in [-0.15, -0.1) is 0 Å². The van der Waals surface area contributed by atoms with Crippen molar-refractivity contribution in [1.82, 2.24) is 0 Å². The van der Waals surface area contributed by atoms with E-state index in [9.17, 15) is 71.2 Å². The molecule has 4 heterocycles. The van der Waals surface area contributed by atoms with Crippen LogP contribution in [0, 0.1) is 50.2 Å². The van der Waals surface area contributed by atoms with E-state index in [1.54, 1.807) is 0 Å². The minimum Gasteiger partial charge on any atom is -0.462 e. The zero-order valence-corrected chi connectivity index (χ0v) is 45.5. The number of hydrogen-bond donors (Lipinski definition) is 13. The highest BCUT2D eigenvalue weighted by Crippen LogP contribution is 2.76. The average molecular weight is 1110 g/mol. The third-order valence-electron chi connectivity index (χ3n) is 21.1. The van der Waals surface area contributed by atoms with Crippen molar-refractivity contribution >= 4 is 5.97 Å². The van der Waals surface area contributed by atoms with Crippen LogP contribution in [0.4, 0.5) is 0 Å².